The molecule has 17 heavy (non-hydrogen) atoms. The highest BCUT2D eigenvalue weighted by molar-refractivity contribution is 5.29. The van der Waals surface area contributed by atoms with Crippen LogP contribution in [0.4, 0.5) is 0 Å². The van der Waals surface area contributed by atoms with Crippen molar-refractivity contribution in [1.29, 1.82) is 0 Å². The van der Waals surface area contributed by atoms with E-state index < -0.39 is 0 Å². The number of ether oxygens (including phenoxy) is 1. The molecule has 1 aromatic rings. The Kier molecular flexibility index (Phi) is 4.43. The number of benzene rings is 1. The topological polar surface area (TPSA) is 12.5 Å². The molecule has 1 saturated heterocycles. The predicted molar refractivity (Wildman–Crippen MR) is 71.5 cm³/mol. The molecule has 0 saturated carbocycles. The molecule has 0 aliphatic carbocycles. The Morgan fingerprint density at radius 2 is 2.06 bits per heavy atom. The fourth-order valence-corrected chi connectivity index (χ4v) is 2.66. The minimum atomic E-state index is 0.632. The first kappa shape index (κ1) is 12.4. The van der Waals surface area contributed by atoms with Gasteiger partial charge in [-0.1, -0.05) is 25.5 Å². The van der Waals surface area contributed by atoms with Gasteiger partial charge in [0.2, 0.25) is 0 Å². The first-order chi connectivity index (χ1) is 8.35. The molecule has 0 aromatic heterocycles. The van der Waals surface area contributed by atoms with Gasteiger partial charge in [-0.2, -0.15) is 0 Å². The van der Waals surface area contributed by atoms with Crippen molar-refractivity contribution in [3.05, 3.63) is 29.8 Å². The molecule has 1 aliphatic heterocycles. The number of nitrogens with zero attached hydrogens (tertiary/aromatic N) is 1. The Labute approximate surface area is 105 Å². The Bertz CT molecular complexity index is 333. The summed E-state index contributed by atoms with van der Waals surface area (Å²) < 4.78 is 5.21. The van der Waals surface area contributed by atoms with Gasteiger partial charge in [0.15, 0.2) is 0 Å². The lowest BCUT2D eigenvalue weighted by molar-refractivity contribution is 0.253. The van der Waals surface area contributed by atoms with E-state index in [1.165, 1.54) is 44.3 Å². The smallest absolute Gasteiger partial charge is 0.118 e. The van der Waals surface area contributed by atoms with E-state index in [2.05, 4.69) is 36.1 Å². The Balaban J connectivity index is 2.03. The maximum Gasteiger partial charge on any atom is 0.118 e. The molecule has 0 bridgehead atoms. The second kappa shape index (κ2) is 6.06. The summed E-state index contributed by atoms with van der Waals surface area (Å²) in [5.41, 5.74) is 1.44. The highest BCUT2D eigenvalue weighted by Crippen LogP contribution is 2.32. The van der Waals surface area contributed by atoms with Gasteiger partial charge in [-0.3, -0.25) is 4.90 Å². The van der Waals surface area contributed by atoms with Crippen LogP contribution >= 0.6 is 0 Å². The van der Waals surface area contributed by atoms with E-state index in [0.29, 0.717) is 6.04 Å². The summed E-state index contributed by atoms with van der Waals surface area (Å²) in [6, 6.07) is 9.21. The Morgan fingerprint density at radius 1 is 1.29 bits per heavy atom. The quantitative estimate of drug-likeness (QED) is 0.770. The van der Waals surface area contributed by atoms with Crippen molar-refractivity contribution in [2.24, 2.45) is 0 Å². The summed E-state index contributed by atoms with van der Waals surface area (Å²) in [5, 5.41) is 0. The van der Waals surface area contributed by atoms with Crippen molar-refractivity contribution in [3.8, 4) is 5.75 Å². The minimum absolute atomic E-state index is 0.632. The molecule has 94 valence electrons. The van der Waals surface area contributed by atoms with Gasteiger partial charge in [-0.05, 0) is 50.0 Å². The second-order valence-electron chi connectivity index (χ2n) is 4.82. The van der Waals surface area contributed by atoms with E-state index in [-0.39, 0.29) is 0 Å². The standard InChI is InChI=1S/C15H23NO/c1-3-4-11-16-12-5-6-15(16)13-7-9-14(17-2)10-8-13/h7-10,15H,3-6,11-12H2,1-2H3. The van der Waals surface area contributed by atoms with Gasteiger partial charge in [0.1, 0.15) is 5.75 Å². The first-order valence-electron chi connectivity index (χ1n) is 6.73. The normalized spacial score (nSPS) is 20.7. The average Bonchev–Trinajstić information content (AvgIpc) is 2.84. The molecule has 2 nitrogen and oxygen atoms in total. The maximum absolute atomic E-state index is 5.21. The van der Waals surface area contributed by atoms with Gasteiger partial charge in [0.05, 0.1) is 7.11 Å². The summed E-state index contributed by atoms with van der Waals surface area (Å²) in [4.78, 5) is 2.63. The molecule has 0 spiro atoms. The maximum atomic E-state index is 5.21. The summed E-state index contributed by atoms with van der Waals surface area (Å²) in [5.74, 6) is 0.951. The van der Waals surface area contributed by atoms with Gasteiger partial charge in [0, 0.05) is 6.04 Å². The molecule has 1 fully saturated rings. The molecule has 1 aromatic carbocycles. The number of hydrogen-bond acceptors (Lipinski definition) is 2. The highest BCUT2D eigenvalue weighted by atomic mass is 16.5. The number of methoxy groups -OCH3 is 1. The third kappa shape index (κ3) is 3.01. The molecule has 2 heteroatoms. The van der Waals surface area contributed by atoms with Gasteiger partial charge in [-0.15, -0.1) is 0 Å². The van der Waals surface area contributed by atoms with E-state index in [1.54, 1.807) is 7.11 Å². The van der Waals surface area contributed by atoms with Crippen LogP contribution in [0.15, 0.2) is 24.3 Å². The second-order valence-corrected chi connectivity index (χ2v) is 4.82. The molecular formula is C15H23NO. The lowest BCUT2D eigenvalue weighted by Gasteiger charge is -2.24. The summed E-state index contributed by atoms with van der Waals surface area (Å²) >= 11 is 0. The molecule has 1 aliphatic rings. The number of hydrogen-bond donors (Lipinski definition) is 0. The van der Waals surface area contributed by atoms with Crippen LogP contribution < -0.4 is 4.74 Å². The van der Waals surface area contributed by atoms with Crippen LogP contribution in [-0.2, 0) is 0 Å². The van der Waals surface area contributed by atoms with E-state index in [4.69, 9.17) is 4.74 Å². The summed E-state index contributed by atoms with van der Waals surface area (Å²) in [7, 11) is 1.72. The molecule has 1 unspecified atom stereocenters. The molecule has 0 amide bonds. The molecule has 1 heterocycles. The third-order valence-electron chi connectivity index (χ3n) is 3.66. The van der Waals surface area contributed by atoms with Gasteiger partial charge in [-0.25, -0.2) is 0 Å². The first-order valence-corrected chi connectivity index (χ1v) is 6.73. The third-order valence-corrected chi connectivity index (χ3v) is 3.66. The fraction of sp³-hybridized carbons (Fsp3) is 0.600. The van der Waals surface area contributed by atoms with Crippen LogP contribution in [0.2, 0.25) is 0 Å². The van der Waals surface area contributed by atoms with E-state index in [9.17, 15) is 0 Å². The summed E-state index contributed by atoms with van der Waals surface area (Å²) in [6.07, 6.45) is 5.23. The van der Waals surface area contributed by atoms with Gasteiger partial charge >= 0.3 is 0 Å². The number of unbranched alkanes of at least 4 members (excludes halogenated alkanes) is 1. The largest absolute Gasteiger partial charge is 0.497 e. The van der Waals surface area contributed by atoms with Crippen molar-refractivity contribution in [3.63, 3.8) is 0 Å². The zero-order valence-corrected chi connectivity index (χ0v) is 11.0. The Hall–Kier alpha value is -1.02. The van der Waals surface area contributed by atoms with Crippen LogP contribution in [-0.4, -0.2) is 25.1 Å². The Morgan fingerprint density at radius 3 is 2.71 bits per heavy atom. The van der Waals surface area contributed by atoms with Crippen molar-refractivity contribution >= 4 is 0 Å². The monoisotopic (exact) mass is 233 g/mol. The SMILES string of the molecule is CCCCN1CCCC1c1ccc(OC)cc1. The van der Waals surface area contributed by atoms with E-state index in [0.717, 1.165) is 5.75 Å². The zero-order valence-electron chi connectivity index (χ0n) is 11.0. The average molecular weight is 233 g/mol. The number of rotatable bonds is 5. The lowest BCUT2D eigenvalue weighted by atomic mass is 10.0. The van der Waals surface area contributed by atoms with Crippen LogP contribution in [0, 0.1) is 0 Å². The van der Waals surface area contributed by atoms with E-state index >= 15 is 0 Å². The van der Waals surface area contributed by atoms with Crippen molar-refractivity contribution in [2.45, 2.75) is 38.6 Å². The van der Waals surface area contributed by atoms with Crippen molar-refractivity contribution < 1.29 is 4.74 Å². The predicted octanol–water partition coefficient (Wildman–Crippen LogP) is 3.63. The highest BCUT2D eigenvalue weighted by Gasteiger charge is 2.24. The van der Waals surface area contributed by atoms with Crippen molar-refractivity contribution in [2.75, 3.05) is 20.2 Å². The van der Waals surface area contributed by atoms with Crippen LogP contribution in [0.5, 0.6) is 5.75 Å². The molecular weight excluding hydrogens is 210 g/mol. The minimum Gasteiger partial charge on any atom is -0.497 e. The summed E-state index contributed by atoms with van der Waals surface area (Å²) in [6.45, 7) is 4.77. The fourth-order valence-electron chi connectivity index (χ4n) is 2.66. The van der Waals surface area contributed by atoms with Crippen molar-refractivity contribution in [1.82, 2.24) is 4.90 Å². The number of likely N-dealkylation sites (tertiary alicyclic amines) is 1. The molecule has 1 atom stereocenters. The van der Waals surface area contributed by atoms with Crippen LogP contribution in [0.25, 0.3) is 0 Å². The van der Waals surface area contributed by atoms with Crippen LogP contribution in [0.3, 0.4) is 0 Å². The van der Waals surface area contributed by atoms with Crippen LogP contribution in [0.1, 0.15) is 44.2 Å². The molecule has 0 N–H and O–H groups in total. The van der Waals surface area contributed by atoms with Gasteiger partial charge in [0.25, 0.3) is 0 Å². The molecule has 2 rings (SSSR count). The van der Waals surface area contributed by atoms with Gasteiger partial charge < -0.3 is 4.74 Å². The van der Waals surface area contributed by atoms with E-state index in [1.807, 2.05) is 0 Å². The lowest BCUT2D eigenvalue weighted by Crippen LogP contribution is -2.24. The zero-order chi connectivity index (χ0) is 12.1. The molecule has 0 radical (unpaired) electrons.